The van der Waals surface area contributed by atoms with Crippen LogP contribution in [0.25, 0.3) is 0 Å². The lowest BCUT2D eigenvalue weighted by molar-refractivity contribution is -0.161. The first-order valence-corrected chi connectivity index (χ1v) is 28.3. The van der Waals surface area contributed by atoms with Gasteiger partial charge in [-0.3, -0.25) is 23.4 Å². The highest BCUT2D eigenvalue weighted by atomic mass is 31.2. The van der Waals surface area contributed by atoms with Gasteiger partial charge >= 0.3 is 25.7 Å². The average molecular weight is 977 g/mol. The topological polar surface area (TPSA) is 155 Å². The van der Waals surface area contributed by atoms with Crippen LogP contribution in [-0.4, -0.2) is 66.5 Å². The standard InChI is InChI=1S/C56H97O11P/c1-4-7-10-13-16-19-22-24-25-26-27-29-31-33-36-39-42-45-54(58)63-49-53(67-56(60)47-44-41-38-35-32-28-23-20-17-14-11-8-5-2)51-65-68(61,62)64-50-52(48-57)66-55(59)46-43-40-37-34-30-21-18-15-12-9-6-3/h7,10,15-16,18-20,23-25,27,29,52-53,57H,4-6,8-9,11-14,17,21-22,26,28,30-51H2,1-3H3,(H,61,62)/b10-7-,18-15-,19-16-,23-20-,25-24-,29-27-. The molecule has 0 aliphatic heterocycles. The number of rotatable bonds is 49. The third-order valence-corrected chi connectivity index (χ3v) is 12.0. The minimum atomic E-state index is -4.75. The molecule has 2 N–H and O–H groups in total. The molecule has 0 spiro atoms. The molecule has 0 radical (unpaired) electrons. The quantitative estimate of drug-likeness (QED) is 0.0197. The number of hydrogen-bond donors (Lipinski definition) is 2. The second-order valence-corrected chi connectivity index (χ2v) is 19.1. The zero-order valence-electron chi connectivity index (χ0n) is 43.1. The number of aliphatic hydroxyl groups excluding tert-OH is 1. The third-order valence-electron chi connectivity index (χ3n) is 11.1. The molecule has 0 aliphatic rings. The van der Waals surface area contributed by atoms with Crippen molar-refractivity contribution in [3.63, 3.8) is 0 Å². The van der Waals surface area contributed by atoms with Crippen molar-refractivity contribution in [2.45, 2.75) is 238 Å². The Labute approximate surface area is 414 Å². The first-order chi connectivity index (χ1) is 33.2. The highest BCUT2D eigenvalue weighted by molar-refractivity contribution is 7.47. The number of allylic oxidation sites excluding steroid dienone is 12. The van der Waals surface area contributed by atoms with Crippen LogP contribution in [0.1, 0.15) is 226 Å². The van der Waals surface area contributed by atoms with Gasteiger partial charge in [0.15, 0.2) is 6.10 Å². The van der Waals surface area contributed by atoms with Crippen molar-refractivity contribution in [3.8, 4) is 0 Å². The largest absolute Gasteiger partial charge is 0.472 e. The van der Waals surface area contributed by atoms with Crippen molar-refractivity contribution in [1.82, 2.24) is 0 Å². The van der Waals surface area contributed by atoms with Crippen LogP contribution in [0.15, 0.2) is 72.9 Å². The van der Waals surface area contributed by atoms with Crippen LogP contribution in [0.3, 0.4) is 0 Å². The molecule has 0 aliphatic carbocycles. The van der Waals surface area contributed by atoms with Gasteiger partial charge in [-0.2, -0.15) is 0 Å². The Kier molecular flexibility index (Phi) is 48.0. The van der Waals surface area contributed by atoms with Gasteiger partial charge in [0.25, 0.3) is 0 Å². The number of phosphoric ester groups is 1. The lowest BCUT2D eigenvalue weighted by Crippen LogP contribution is -2.30. The molecule has 0 aromatic carbocycles. The van der Waals surface area contributed by atoms with E-state index in [9.17, 15) is 28.9 Å². The number of hydrogen-bond acceptors (Lipinski definition) is 10. The van der Waals surface area contributed by atoms with Crippen molar-refractivity contribution in [1.29, 1.82) is 0 Å². The summed E-state index contributed by atoms with van der Waals surface area (Å²) in [5.41, 5.74) is 0. The van der Waals surface area contributed by atoms with Crippen molar-refractivity contribution >= 4 is 25.7 Å². The molecule has 68 heavy (non-hydrogen) atoms. The minimum Gasteiger partial charge on any atom is -0.462 e. The first-order valence-electron chi connectivity index (χ1n) is 26.8. The molecule has 12 heteroatoms. The van der Waals surface area contributed by atoms with E-state index in [1.807, 2.05) is 0 Å². The van der Waals surface area contributed by atoms with E-state index >= 15 is 0 Å². The molecule has 11 nitrogen and oxygen atoms in total. The summed E-state index contributed by atoms with van der Waals surface area (Å²) in [6.45, 7) is 4.41. The Hall–Kier alpha value is -3.08. The van der Waals surface area contributed by atoms with Crippen LogP contribution < -0.4 is 0 Å². The molecule has 3 unspecified atom stereocenters. The number of phosphoric acid groups is 1. The summed E-state index contributed by atoms with van der Waals surface area (Å²) in [4.78, 5) is 48.3. The highest BCUT2D eigenvalue weighted by Gasteiger charge is 2.28. The average Bonchev–Trinajstić information content (AvgIpc) is 3.32. The first kappa shape index (κ1) is 64.9. The Morgan fingerprint density at radius 2 is 0.779 bits per heavy atom. The number of carbonyl (C=O) groups excluding carboxylic acids is 3. The second-order valence-electron chi connectivity index (χ2n) is 17.7. The van der Waals surface area contributed by atoms with Crippen molar-refractivity contribution in [2.24, 2.45) is 0 Å². The van der Waals surface area contributed by atoms with E-state index < -0.39 is 57.8 Å². The molecule has 0 bridgehead atoms. The maximum Gasteiger partial charge on any atom is 0.472 e. The lowest BCUT2D eigenvalue weighted by atomic mass is 10.1. The molecular formula is C56H97O11P. The zero-order chi connectivity index (χ0) is 49.9. The summed E-state index contributed by atoms with van der Waals surface area (Å²) in [5, 5.41) is 9.77. The SMILES string of the molecule is CC/C=C\C/C=C\C/C=C\C/C=C\CCCCCCC(=O)OCC(COP(=O)(O)OCC(CO)OC(=O)CCCCCCC/C=C\CCCC)OC(=O)CCCCCCC/C=C\CCCCCC. The van der Waals surface area contributed by atoms with E-state index in [4.69, 9.17) is 23.3 Å². The van der Waals surface area contributed by atoms with Gasteiger partial charge in [0.05, 0.1) is 19.8 Å². The lowest BCUT2D eigenvalue weighted by Gasteiger charge is -2.21. The number of unbranched alkanes of at least 4 members (excludes halogenated alkanes) is 20. The van der Waals surface area contributed by atoms with Crippen LogP contribution in [0.4, 0.5) is 0 Å². The molecule has 392 valence electrons. The molecule has 0 aromatic rings. The van der Waals surface area contributed by atoms with E-state index in [1.54, 1.807) is 0 Å². The fourth-order valence-electron chi connectivity index (χ4n) is 6.97. The summed E-state index contributed by atoms with van der Waals surface area (Å²) in [6.07, 6.45) is 54.4. The van der Waals surface area contributed by atoms with Gasteiger partial charge in [-0.15, -0.1) is 0 Å². The summed E-state index contributed by atoms with van der Waals surface area (Å²) in [7, 11) is -4.75. The molecule has 0 amide bonds. The predicted octanol–water partition coefficient (Wildman–Crippen LogP) is 15.4. The third kappa shape index (κ3) is 48.0. The van der Waals surface area contributed by atoms with Crippen LogP contribution >= 0.6 is 7.82 Å². The van der Waals surface area contributed by atoms with Crippen LogP contribution in [0.2, 0.25) is 0 Å². The smallest absolute Gasteiger partial charge is 0.462 e. The van der Waals surface area contributed by atoms with Crippen molar-refractivity contribution in [2.75, 3.05) is 26.4 Å². The van der Waals surface area contributed by atoms with E-state index in [0.717, 1.165) is 128 Å². The fourth-order valence-corrected chi connectivity index (χ4v) is 7.75. The minimum absolute atomic E-state index is 0.149. The Morgan fingerprint density at radius 1 is 0.426 bits per heavy atom. The summed E-state index contributed by atoms with van der Waals surface area (Å²) in [6, 6.07) is 0. The number of esters is 3. The molecule has 0 aromatic heterocycles. The summed E-state index contributed by atoms with van der Waals surface area (Å²) in [5.74, 6) is -1.51. The highest BCUT2D eigenvalue weighted by Crippen LogP contribution is 2.43. The number of carbonyl (C=O) groups is 3. The van der Waals surface area contributed by atoms with E-state index in [1.165, 1.54) is 38.5 Å². The van der Waals surface area contributed by atoms with Gasteiger partial charge in [-0.1, -0.05) is 177 Å². The van der Waals surface area contributed by atoms with Gasteiger partial charge in [0.2, 0.25) is 0 Å². The molecular weight excluding hydrogens is 880 g/mol. The van der Waals surface area contributed by atoms with Gasteiger partial charge in [0.1, 0.15) is 12.7 Å². The maximum absolute atomic E-state index is 12.8. The van der Waals surface area contributed by atoms with E-state index in [0.29, 0.717) is 19.3 Å². The molecule has 3 atom stereocenters. The Balaban J connectivity index is 4.79. The van der Waals surface area contributed by atoms with Crippen molar-refractivity contribution in [3.05, 3.63) is 72.9 Å². The van der Waals surface area contributed by atoms with Gasteiger partial charge in [-0.25, -0.2) is 4.57 Å². The molecule has 0 fully saturated rings. The van der Waals surface area contributed by atoms with Crippen LogP contribution in [0, 0.1) is 0 Å². The van der Waals surface area contributed by atoms with Crippen LogP contribution in [-0.2, 0) is 42.2 Å². The second kappa shape index (κ2) is 50.3. The monoisotopic (exact) mass is 977 g/mol. The Morgan fingerprint density at radius 3 is 1.24 bits per heavy atom. The van der Waals surface area contributed by atoms with Crippen molar-refractivity contribution < 1.29 is 52.2 Å². The van der Waals surface area contributed by atoms with E-state index in [2.05, 4.69) is 93.7 Å². The fraction of sp³-hybridized carbons (Fsp3) is 0.732. The molecule has 0 saturated heterocycles. The molecule has 0 heterocycles. The maximum atomic E-state index is 12.8. The van der Waals surface area contributed by atoms with Crippen LogP contribution in [0.5, 0.6) is 0 Å². The van der Waals surface area contributed by atoms with Gasteiger partial charge in [-0.05, 0) is 103 Å². The van der Waals surface area contributed by atoms with Gasteiger partial charge < -0.3 is 24.2 Å². The molecule has 0 saturated carbocycles. The number of aliphatic hydroxyl groups is 1. The summed E-state index contributed by atoms with van der Waals surface area (Å²) < 4.78 is 39.3. The summed E-state index contributed by atoms with van der Waals surface area (Å²) >= 11 is 0. The normalized spacial score (nSPS) is 14.0. The Bertz CT molecular complexity index is 1420. The zero-order valence-corrected chi connectivity index (χ0v) is 43.9. The molecule has 0 rings (SSSR count). The van der Waals surface area contributed by atoms with Gasteiger partial charge in [0, 0.05) is 19.3 Å². The predicted molar refractivity (Wildman–Crippen MR) is 279 cm³/mol. The number of ether oxygens (including phenoxy) is 3. The van der Waals surface area contributed by atoms with E-state index in [-0.39, 0.29) is 25.9 Å².